The summed E-state index contributed by atoms with van der Waals surface area (Å²) >= 11 is 0. The predicted octanol–water partition coefficient (Wildman–Crippen LogP) is 3.33. The first-order valence-electron chi connectivity index (χ1n) is 8.22. The summed E-state index contributed by atoms with van der Waals surface area (Å²) < 4.78 is 1.69. The van der Waals surface area contributed by atoms with Gasteiger partial charge in [-0.25, -0.2) is 4.68 Å². The van der Waals surface area contributed by atoms with Crippen LogP contribution in [0.2, 0.25) is 0 Å². The van der Waals surface area contributed by atoms with Crippen LogP contribution < -0.4 is 5.32 Å². The molecule has 1 amide bonds. The van der Waals surface area contributed by atoms with E-state index in [1.807, 2.05) is 51.1 Å². The van der Waals surface area contributed by atoms with Gasteiger partial charge >= 0.3 is 0 Å². The molecule has 0 aliphatic rings. The summed E-state index contributed by atoms with van der Waals surface area (Å²) in [5.74, 6) is -0.248. The summed E-state index contributed by atoms with van der Waals surface area (Å²) in [7, 11) is 0. The Balaban J connectivity index is 2.09. The maximum absolute atomic E-state index is 12.5. The van der Waals surface area contributed by atoms with E-state index in [2.05, 4.69) is 21.5 Å². The van der Waals surface area contributed by atoms with Crippen LogP contribution in [0.4, 0.5) is 0 Å². The molecule has 130 valence electrons. The highest BCUT2D eigenvalue weighted by molar-refractivity contribution is 5.94. The third kappa shape index (κ3) is 3.78. The topological polar surface area (TPSA) is 83.6 Å². The van der Waals surface area contributed by atoms with Crippen molar-refractivity contribution in [1.29, 1.82) is 5.26 Å². The number of nitrogens with zero attached hydrogens (tertiary/aromatic N) is 4. The lowest BCUT2D eigenvalue weighted by Crippen LogP contribution is -2.40. The van der Waals surface area contributed by atoms with E-state index < -0.39 is 0 Å². The van der Waals surface area contributed by atoms with Crippen LogP contribution >= 0.6 is 0 Å². The van der Waals surface area contributed by atoms with Crippen molar-refractivity contribution in [1.82, 2.24) is 20.1 Å². The van der Waals surface area contributed by atoms with E-state index in [1.165, 1.54) is 6.20 Å². The Kier molecular flexibility index (Phi) is 4.55. The number of carbonyl (C=O) groups is 1. The van der Waals surface area contributed by atoms with Gasteiger partial charge in [0.25, 0.3) is 5.91 Å². The second-order valence-corrected chi connectivity index (χ2v) is 6.91. The predicted molar refractivity (Wildman–Crippen MR) is 98.7 cm³/mol. The standard InChI is InChI=1S/C20H19N5O/c1-20(2,3)23-19(26)17-11-18(16-10-9-14(12-21)13-22-16)25(24-17)15-7-5-4-6-8-15/h4-11,13H,1-3H3,(H,23,26). The molecule has 0 aliphatic heterocycles. The van der Waals surface area contributed by atoms with Crippen LogP contribution in [-0.4, -0.2) is 26.2 Å². The number of amides is 1. The molecule has 26 heavy (non-hydrogen) atoms. The zero-order valence-electron chi connectivity index (χ0n) is 14.9. The summed E-state index contributed by atoms with van der Waals surface area (Å²) in [5, 5.41) is 16.4. The maximum Gasteiger partial charge on any atom is 0.272 e. The fourth-order valence-corrected chi connectivity index (χ4v) is 2.46. The maximum atomic E-state index is 12.5. The smallest absolute Gasteiger partial charge is 0.272 e. The third-order valence-corrected chi connectivity index (χ3v) is 3.59. The van der Waals surface area contributed by atoms with Gasteiger partial charge in [-0.3, -0.25) is 9.78 Å². The molecule has 6 heteroatoms. The first-order chi connectivity index (χ1) is 12.4. The van der Waals surface area contributed by atoms with Gasteiger partial charge < -0.3 is 5.32 Å². The lowest BCUT2D eigenvalue weighted by Gasteiger charge is -2.19. The van der Waals surface area contributed by atoms with Crippen molar-refractivity contribution in [2.45, 2.75) is 26.3 Å². The van der Waals surface area contributed by atoms with E-state index in [9.17, 15) is 4.79 Å². The zero-order valence-corrected chi connectivity index (χ0v) is 14.9. The number of aromatic nitrogens is 3. The molecule has 0 atom stereocenters. The Labute approximate surface area is 152 Å². The van der Waals surface area contributed by atoms with E-state index >= 15 is 0 Å². The number of rotatable bonds is 3. The van der Waals surface area contributed by atoms with E-state index in [0.29, 0.717) is 22.6 Å². The lowest BCUT2D eigenvalue weighted by molar-refractivity contribution is 0.0914. The molecule has 0 unspecified atom stereocenters. The number of para-hydroxylation sites is 1. The van der Waals surface area contributed by atoms with Gasteiger partial charge in [-0.2, -0.15) is 10.4 Å². The minimum atomic E-state index is -0.361. The van der Waals surface area contributed by atoms with Gasteiger partial charge in [0.2, 0.25) is 0 Å². The van der Waals surface area contributed by atoms with Crippen LogP contribution in [0.5, 0.6) is 0 Å². The van der Waals surface area contributed by atoms with Crippen molar-refractivity contribution in [3.63, 3.8) is 0 Å². The summed E-state index contributed by atoms with van der Waals surface area (Å²) in [6.07, 6.45) is 1.51. The first kappa shape index (κ1) is 17.4. The normalized spacial score (nSPS) is 11.0. The number of pyridine rings is 1. The van der Waals surface area contributed by atoms with Crippen molar-refractivity contribution < 1.29 is 4.79 Å². The van der Waals surface area contributed by atoms with Crippen molar-refractivity contribution in [3.8, 4) is 23.1 Å². The van der Waals surface area contributed by atoms with Crippen molar-refractivity contribution in [2.24, 2.45) is 0 Å². The number of benzene rings is 1. The van der Waals surface area contributed by atoms with Crippen LogP contribution in [0.3, 0.4) is 0 Å². The van der Waals surface area contributed by atoms with Crippen LogP contribution in [0.25, 0.3) is 17.1 Å². The van der Waals surface area contributed by atoms with Gasteiger partial charge in [0.1, 0.15) is 6.07 Å². The molecule has 0 saturated carbocycles. The van der Waals surface area contributed by atoms with Gasteiger partial charge in [0, 0.05) is 11.7 Å². The first-order valence-corrected chi connectivity index (χ1v) is 8.22. The summed E-state index contributed by atoms with van der Waals surface area (Å²) in [6, 6.07) is 16.7. The van der Waals surface area contributed by atoms with Crippen molar-refractivity contribution in [3.05, 3.63) is 66.0 Å². The summed E-state index contributed by atoms with van der Waals surface area (Å²) in [5.41, 5.74) is 2.56. The molecular formula is C20H19N5O. The molecule has 0 radical (unpaired) electrons. The molecule has 3 rings (SSSR count). The average Bonchev–Trinajstić information content (AvgIpc) is 3.07. The number of hydrogen-bond donors (Lipinski definition) is 1. The minimum absolute atomic E-state index is 0.248. The molecule has 1 N–H and O–H groups in total. The number of hydrogen-bond acceptors (Lipinski definition) is 4. The van der Waals surface area contributed by atoms with E-state index in [0.717, 1.165) is 5.69 Å². The zero-order chi connectivity index (χ0) is 18.7. The van der Waals surface area contributed by atoms with Crippen LogP contribution in [0.1, 0.15) is 36.8 Å². The molecule has 6 nitrogen and oxygen atoms in total. The van der Waals surface area contributed by atoms with Gasteiger partial charge in [-0.15, -0.1) is 0 Å². The Bertz CT molecular complexity index is 960. The number of carbonyl (C=O) groups excluding carboxylic acids is 1. The molecule has 0 bridgehead atoms. The molecule has 0 aliphatic carbocycles. The molecule has 1 aromatic carbocycles. The monoisotopic (exact) mass is 345 g/mol. The van der Waals surface area contributed by atoms with E-state index in [-0.39, 0.29) is 11.4 Å². The van der Waals surface area contributed by atoms with Gasteiger partial charge in [-0.05, 0) is 51.1 Å². The highest BCUT2D eigenvalue weighted by atomic mass is 16.2. The van der Waals surface area contributed by atoms with Gasteiger partial charge in [0.05, 0.1) is 22.6 Å². The second kappa shape index (κ2) is 6.81. The molecule has 2 heterocycles. The molecule has 2 aromatic heterocycles. The lowest BCUT2D eigenvalue weighted by atomic mass is 10.1. The Hall–Kier alpha value is -3.46. The Morgan fingerprint density at radius 2 is 1.88 bits per heavy atom. The summed E-state index contributed by atoms with van der Waals surface area (Å²) in [4.78, 5) is 16.9. The molecule has 0 fully saturated rings. The fourth-order valence-electron chi connectivity index (χ4n) is 2.46. The largest absolute Gasteiger partial charge is 0.346 e. The SMILES string of the molecule is CC(C)(C)NC(=O)c1cc(-c2ccc(C#N)cn2)n(-c2ccccc2)n1. The Morgan fingerprint density at radius 3 is 2.46 bits per heavy atom. The Morgan fingerprint density at radius 1 is 1.15 bits per heavy atom. The highest BCUT2D eigenvalue weighted by Gasteiger charge is 2.21. The highest BCUT2D eigenvalue weighted by Crippen LogP contribution is 2.23. The van der Waals surface area contributed by atoms with E-state index in [1.54, 1.807) is 22.9 Å². The van der Waals surface area contributed by atoms with Crippen molar-refractivity contribution in [2.75, 3.05) is 0 Å². The van der Waals surface area contributed by atoms with Gasteiger partial charge in [0.15, 0.2) is 5.69 Å². The third-order valence-electron chi connectivity index (χ3n) is 3.59. The quantitative estimate of drug-likeness (QED) is 0.789. The van der Waals surface area contributed by atoms with Crippen LogP contribution in [0, 0.1) is 11.3 Å². The summed E-state index contributed by atoms with van der Waals surface area (Å²) in [6.45, 7) is 5.76. The fraction of sp³-hybridized carbons (Fsp3) is 0.200. The molecular weight excluding hydrogens is 326 g/mol. The number of nitriles is 1. The second-order valence-electron chi connectivity index (χ2n) is 6.91. The molecule has 3 aromatic rings. The van der Waals surface area contributed by atoms with E-state index in [4.69, 9.17) is 5.26 Å². The average molecular weight is 345 g/mol. The van der Waals surface area contributed by atoms with Crippen molar-refractivity contribution >= 4 is 5.91 Å². The molecule has 0 saturated heterocycles. The number of nitrogens with one attached hydrogen (secondary N) is 1. The van der Waals surface area contributed by atoms with Crippen LogP contribution in [0.15, 0.2) is 54.7 Å². The molecule has 0 spiro atoms. The minimum Gasteiger partial charge on any atom is -0.346 e. The van der Waals surface area contributed by atoms with Crippen LogP contribution in [-0.2, 0) is 0 Å². The van der Waals surface area contributed by atoms with Gasteiger partial charge in [-0.1, -0.05) is 18.2 Å².